The Kier molecular flexibility index (Phi) is 10.7. The average Bonchev–Trinajstić information content (AvgIpc) is 2.30. The fourth-order valence-electron chi connectivity index (χ4n) is 1.64. The van der Waals surface area contributed by atoms with Crippen LogP contribution in [0.25, 0.3) is 0 Å². The van der Waals surface area contributed by atoms with E-state index in [-0.39, 0.29) is 5.92 Å². The number of carbonyl (C=O) groups is 1. The van der Waals surface area contributed by atoms with Gasteiger partial charge in [0.25, 0.3) is 0 Å². The zero-order valence-corrected chi connectivity index (χ0v) is 11.7. The summed E-state index contributed by atoms with van der Waals surface area (Å²) in [6.07, 6.45) is 3.46. The van der Waals surface area contributed by atoms with E-state index in [0.29, 0.717) is 19.6 Å². The summed E-state index contributed by atoms with van der Waals surface area (Å²) >= 11 is 0. The smallest absolute Gasteiger partial charge is 0.307 e. The molecule has 0 aliphatic carbocycles. The number of aliphatic carboxylic acids is 1. The van der Waals surface area contributed by atoms with Crippen LogP contribution in [0.1, 0.15) is 39.5 Å². The lowest BCUT2D eigenvalue weighted by molar-refractivity contribution is -0.141. The molecule has 1 atom stereocenters. The first-order valence-electron chi connectivity index (χ1n) is 6.73. The van der Waals surface area contributed by atoms with Crippen molar-refractivity contribution >= 4 is 5.97 Å². The predicted molar refractivity (Wildman–Crippen MR) is 73.8 cm³/mol. The topological polar surface area (TPSA) is 58.6 Å². The van der Waals surface area contributed by atoms with E-state index >= 15 is 0 Å². The van der Waals surface area contributed by atoms with E-state index in [1.165, 1.54) is 5.57 Å². The maximum absolute atomic E-state index is 11.0. The maximum atomic E-state index is 11.0. The van der Waals surface area contributed by atoms with Crippen molar-refractivity contribution in [3.63, 3.8) is 0 Å². The number of ether oxygens (including phenoxy) is 1. The summed E-state index contributed by atoms with van der Waals surface area (Å²) in [5, 5.41) is 12.1. The molecule has 4 nitrogen and oxygen atoms in total. The fourth-order valence-corrected chi connectivity index (χ4v) is 1.64. The van der Waals surface area contributed by atoms with Crippen molar-refractivity contribution in [3.05, 3.63) is 12.2 Å². The molecule has 0 bridgehead atoms. The highest BCUT2D eigenvalue weighted by molar-refractivity contribution is 5.70. The number of allylic oxidation sites excluding steroid dienone is 1. The molecule has 106 valence electrons. The number of carboxylic acids is 1. The maximum Gasteiger partial charge on any atom is 0.307 e. The fraction of sp³-hybridized carbons (Fsp3) is 0.786. The van der Waals surface area contributed by atoms with Crippen LogP contribution < -0.4 is 5.32 Å². The van der Waals surface area contributed by atoms with Gasteiger partial charge in [-0.2, -0.15) is 0 Å². The first-order valence-corrected chi connectivity index (χ1v) is 6.73. The van der Waals surface area contributed by atoms with Crippen LogP contribution in [-0.2, 0) is 9.53 Å². The summed E-state index contributed by atoms with van der Waals surface area (Å²) in [4.78, 5) is 11.0. The molecule has 0 aliphatic heterocycles. The molecule has 0 radical (unpaired) electrons. The zero-order valence-electron chi connectivity index (χ0n) is 11.7. The van der Waals surface area contributed by atoms with Crippen LogP contribution in [0.2, 0.25) is 0 Å². The van der Waals surface area contributed by atoms with Gasteiger partial charge in [0.05, 0.1) is 5.92 Å². The molecular weight excluding hydrogens is 230 g/mol. The molecule has 0 spiro atoms. The monoisotopic (exact) mass is 257 g/mol. The predicted octanol–water partition coefficient (Wildman–Crippen LogP) is 2.45. The van der Waals surface area contributed by atoms with E-state index in [1.54, 1.807) is 0 Å². The standard InChI is InChI=1S/C14H27NO3/c1-4-15-11-13(14(16)17)8-6-10-18-9-5-7-12(2)3/h13,15H,2,4-11H2,1,3H3,(H,16,17). The van der Waals surface area contributed by atoms with Crippen molar-refractivity contribution in [2.45, 2.75) is 39.5 Å². The second-order valence-electron chi connectivity index (χ2n) is 4.66. The van der Waals surface area contributed by atoms with Crippen LogP contribution in [0.3, 0.4) is 0 Å². The van der Waals surface area contributed by atoms with Crippen LogP contribution >= 0.6 is 0 Å². The van der Waals surface area contributed by atoms with Gasteiger partial charge >= 0.3 is 5.97 Å². The minimum absolute atomic E-state index is 0.302. The minimum Gasteiger partial charge on any atom is -0.481 e. The molecule has 18 heavy (non-hydrogen) atoms. The summed E-state index contributed by atoms with van der Waals surface area (Å²) in [6.45, 7) is 10.5. The van der Waals surface area contributed by atoms with Crippen molar-refractivity contribution in [2.75, 3.05) is 26.3 Å². The van der Waals surface area contributed by atoms with Gasteiger partial charge in [-0.3, -0.25) is 4.79 Å². The number of hydrogen-bond acceptors (Lipinski definition) is 3. The molecule has 2 N–H and O–H groups in total. The van der Waals surface area contributed by atoms with Crippen molar-refractivity contribution < 1.29 is 14.6 Å². The first-order chi connectivity index (χ1) is 8.57. The Morgan fingerprint density at radius 2 is 2.06 bits per heavy atom. The minimum atomic E-state index is -0.724. The Morgan fingerprint density at radius 1 is 1.39 bits per heavy atom. The van der Waals surface area contributed by atoms with Gasteiger partial charge < -0.3 is 15.2 Å². The second-order valence-corrected chi connectivity index (χ2v) is 4.66. The Hall–Kier alpha value is -0.870. The van der Waals surface area contributed by atoms with Gasteiger partial charge in [-0.25, -0.2) is 0 Å². The molecule has 0 fully saturated rings. The summed E-state index contributed by atoms with van der Waals surface area (Å²) in [6, 6.07) is 0. The van der Waals surface area contributed by atoms with Crippen molar-refractivity contribution in [1.29, 1.82) is 0 Å². The molecule has 0 heterocycles. The van der Waals surface area contributed by atoms with Crippen LogP contribution in [-0.4, -0.2) is 37.4 Å². The van der Waals surface area contributed by atoms with Crippen molar-refractivity contribution in [2.24, 2.45) is 5.92 Å². The lowest BCUT2D eigenvalue weighted by Gasteiger charge is -2.12. The molecule has 0 saturated heterocycles. The highest BCUT2D eigenvalue weighted by Gasteiger charge is 2.15. The van der Waals surface area contributed by atoms with Gasteiger partial charge in [-0.1, -0.05) is 12.5 Å². The van der Waals surface area contributed by atoms with Crippen molar-refractivity contribution in [1.82, 2.24) is 5.32 Å². The van der Waals surface area contributed by atoms with E-state index in [4.69, 9.17) is 9.84 Å². The van der Waals surface area contributed by atoms with E-state index in [1.807, 2.05) is 13.8 Å². The molecule has 0 rings (SSSR count). The molecular formula is C14H27NO3. The quantitative estimate of drug-likeness (QED) is 0.416. The van der Waals surface area contributed by atoms with Gasteiger partial charge in [-0.05, 0) is 39.2 Å². The largest absolute Gasteiger partial charge is 0.481 e. The number of rotatable bonds is 12. The molecule has 4 heteroatoms. The van der Waals surface area contributed by atoms with Crippen LogP contribution in [0, 0.1) is 5.92 Å². The molecule has 0 aromatic rings. The van der Waals surface area contributed by atoms with Gasteiger partial charge in [0.1, 0.15) is 0 Å². The van der Waals surface area contributed by atoms with E-state index < -0.39 is 5.97 Å². The molecule has 0 saturated carbocycles. The molecule has 0 aromatic heterocycles. The average molecular weight is 257 g/mol. The Morgan fingerprint density at radius 3 is 2.61 bits per heavy atom. The van der Waals surface area contributed by atoms with E-state index in [2.05, 4.69) is 11.9 Å². The highest BCUT2D eigenvalue weighted by Crippen LogP contribution is 2.07. The highest BCUT2D eigenvalue weighted by atomic mass is 16.5. The normalized spacial score (nSPS) is 12.3. The number of carboxylic acid groups (broad SMARTS) is 1. The first kappa shape index (κ1) is 17.1. The molecule has 0 amide bonds. The third-order valence-corrected chi connectivity index (χ3v) is 2.72. The van der Waals surface area contributed by atoms with Crippen LogP contribution in [0.15, 0.2) is 12.2 Å². The summed E-state index contributed by atoms with van der Waals surface area (Å²) in [5.74, 6) is -1.03. The Bertz CT molecular complexity index is 241. The lowest BCUT2D eigenvalue weighted by Crippen LogP contribution is -2.28. The van der Waals surface area contributed by atoms with Gasteiger partial charge in [0.2, 0.25) is 0 Å². The van der Waals surface area contributed by atoms with Gasteiger partial charge in [-0.15, -0.1) is 6.58 Å². The van der Waals surface area contributed by atoms with E-state index in [9.17, 15) is 4.79 Å². The SMILES string of the molecule is C=C(C)CCCOCCCC(CNCC)C(=O)O. The number of nitrogens with one attached hydrogen (secondary N) is 1. The second kappa shape index (κ2) is 11.2. The van der Waals surface area contributed by atoms with Crippen LogP contribution in [0.4, 0.5) is 0 Å². The summed E-state index contributed by atoms with van der Waals surface area (Å²) in [7, 11) is 0. The van der Waals surface area contributed by atoms with E-state index in [0.717, 1.165) is 32.4 Å². The molecule has 1 unspecified atom stereocenters. The number of hydrogen-bond donors (Lipinski definition) is 2. The Labute approximate surface area is 110 Å². The summed E-state index contributed by atoms with van der Waals surface area (Å²) in [5.41, 5.74) is 1.18. The summed E-state index contributed by atoms with van der Waals surface area (Å²) < 4.78 is 5.46. The van der Waals surface area contributed by atoms with Gasteiger partial charge in [0.15, 0.2) is 0 Å². The molecule has 0 aromatic carbocycles. The lowest BCUT2D eigenvalue weighted by atomic mass is 10.0. The van der Waals surface area contributed by atoms with Crippen molar-refractivity contribution in [3.8, 4) is 0 Å². The molecule has 0 aliphatic rings. The Balaban J connectivity index is 3.49. The van der Waals surface area contributed by atoms with Crippen LogP contribution in [0.5, 0.6) is 0 Å². The van der Waals surface area contributed by atoms with Gasteiger partial charge in [0, 0.05) is 19.8 Å². The third-order valence-electron chi connectivity index (χ3n) is 2.72. The third kappa shape index (κ3) is 10.3. The zero-order chi connectivity index (χ0) is 13.8.